The highest BCUT2D eigenvalue weighted by Gasteiger charge is 2.78. The van der Waals surface area contributed by atoms with Crippen molar-refractivity contribution in [3.63, 3.8) is 0 Å². The minimum Gasteiger partial charge on any atom is -0.390 e. The molecule has 0 bridgehead atoms. The molecule has 0 unspecified atom stereocenters. The first-order valence-electron chi connectivity index (χ1n) is 6.89. The highest BCUT2D eigenvalue weighted by atomic mass is 32.2. The van der Waals surface area contributed by atoms with Gasteiger partial charge in [0.05, 0.1) is 11.0 Å². The standard InChI is InChI=1S/C15H20O4S/c1-13-8-9-15(13,14(2,17)12(16)10-13)20(18,19)11-6-4-3-5-7-11/h3-7,12,16-17H,8-10H2,1-2H3/t12-,13+,14+,15-/m0/s1. The second-order valence-corrected chi connectivity index (χ2v) is 8.75. The number of sulfone groups is 1. The number of benzene rings is 1. The Morgan fingerprint density at radius 1 is 1.15 bits per heavy atom. The molecule has 0 aliphatic heterocycles. The van der Waals surface area contributed by atoms with Gasteiger partial charge in [-0.2, -0.15) is 0 Å². The van der Waals surface area contributed by atoms with Gasteiger partial charge >= 0.3 is 0 Å². The van der Waals surface area contributed by atoms with Gasteiger partial charge in [0.2, 0.25) is 0 Å². The van der Waals surface area contributed by atoms with Crippen LogP contribution in [0.3, 0.4) is 0 Å². The van der Waals surface area contributed by atoms with Gasteiger partial charge in [-0.1, -0.05) is 25.1 Å². The van der Waals surface area contributed by atoms with E-state index in [1.807, 2.05) is 6.92 Å². The predicted molar refractivity (Wildman–Crippen MR) is 74.9 cm³/mol. The van der Waals surface area contributed by atoms with Crippen LogP contribution >= 0.6 is 0 Å². The topological polar surface area (TPSA) is 74.6 Å². The number of aliphatic hydroxyl groups is 2. The fraction of sp³-hybridized carbons (Fsp3) is 0.600. The molecule has 5 heteroatoms. The zero-order chi connectivity index (χ0) is 14.8. The molecule has 1 aromatic rings. The van der Waals surface area contributed by atoms with Crippen LogP contribution in [0.15, 0.2) is 35.2 Å². The average molecular weight is 296 g/mol. The van der Waals surface area contributed by atoms with Crippen LogP contribution in [0.5, 0.6) is 0 Å². The van der Waals surface area contributed by atoms with E-state index in [1.54, 1.807) is 30.3 Å². The second-order valence-electron chi connectivity index (χ2n) is 6.57. The summed E-state index contributed by atoms with van der Waals surface area (Å²) in [5.74, 6) is 0. The molecule has 3 rings (SSSR count). The molecule has 20 heavy (non-hydrogen) atoms. The lowest BCUT2D eigenvalue weighted by Crippen LogP contribution is -2.68. The van der Waals surface area contributed by atoms with Crippen molar-refractivity contribution < 1.29 is 18.6 Å². The summed E-state index contributed by atoms with van der Waals surface area (Å²) < 4.78 is 24.9. The van der Waals surface area contributed by atoms with E-state index >= 15 is 0 Å². The molecule has 2 aliphatic rings. The molecule has 110 valence electrons. The first kappa shape index (κ1) is 14.0. The van der Waals surface area contributed by atoms with E-state index in [2.05, 4.69) is 0 Å². The van der Waals surface area contributed by atoms with E-state index in [4.69, 9.17) is 0 Å². The van der Waals surface area contributed by atoms with Gasteiger partial charge in [-0.3, -0.25) is 0 Å². The van der Waals surface area contributed by atoms with Gasteiger partial charge in [-0.25, -0.2) is 8.42 Å². The lowest BCUT2D eigenvalue weighted by atomic mass is 9.59. The lowest BCUT2D eigenvalue weighted by molar-refractivity contribution is -0.0814. The van der Waals surface area contributed by atoms with E-state index < -0.39 is 31.7 Å². The van der Waals surface area contributed by atoms with Gasteiger partial charge in [0, 0.05) is 0 Å². The normalized spacial score (nSPS) is 43.9. The van der Waals surface area contributed by atoms with Crippen LogP contribution in [0.25, 0.3) is 0 Å². The Balaban J connectivity index is 2.22. The van der Waals surface area contributed by atoms with Crippen molar-refractivity contribution in [2.45, 2.75) is 54.5 Å². The molecule has 1 aromatic carbocycles. The van der Waals surface area contributed by atoms with E-state index in [9.17, 15) is 18.6 Å². The van der Waals surface area contributed by atoms with Crippen molar-refractivity contribution in [3.8, 4) is 0 Å². The summed E-state index contributed by atoms with van der Waals surface area (Å²) in [7, 11) is -3.71. The van der Waals surface area contributed by atoms with Crippen molar-refractivity contribution in [3.05, 3.63) is 30.3 Å². The Labute approximate surface area is 119 Å². The van der Waals surface area contributed by atoms with Crippen LogP contribution in [0, 0.1) is 5.41 Å². The van der Waals surface area contributed by atoms with E-state index in [0.717, 1.165) is 0 Å². The number of hydrogen-bond acceptors (Lipinski definition) is 4. The Bertz CT molecular complexity index is 637. The third-order valence-corrected chi connectivity index (χ3v) is 8.55. The summed E-state index contributed by atoms with van der Waals surface area (Å²) in [4.78, 5) is 0.223. The minimum absolute atomic E-state index is 0.223. The third-order valence-electron chi connectivity index (χ3n) is 5.63. The number of rotatable bonds is 2. The zero-order valence-corrected chi connectivity index (χ0v) is 12.5. The van der Waals surface area contributed by atoms with Crippen molar-refractivity contribution >= 4 is 9.84 Å². The summed E-state index contributed by atoms with van der Waals surface area (Å²) in [5.41, 5.74) is -2.18. The Morgan fingerprint density at radius 2 is 1.75 bits per heavy atom. The van der Waals surface area contributed by atoms with Gasteiger partial charge in [0.1, 0.15) is 10.3 Å². The molecule has 0 aromatic heterocycles. The van der Waals surface area contributed by atoms with Gasteiger partial charge in [0.15, 0.2) is 9.84 Å². The quantitative estimate of drug-likeness (QED) is 0.867. The van der Waals surface area contributed by atoms with Crippen molar-refractivity contribution in [2.24, 2.45) is 5.41 Å². The summed E-state index contributed by atoms with van der Waals surface area (Å²) in [6, 6.07) is 8.24. The first-order chi connectivity index (χ1) is 9.19. The monoisotopic (exact) mass is 296 g/mol. The molecule has 2 fully saturated rings. The van der Waals surface area contributed by atoms with Gasteiger partial charge in [-0.15, -0.1) is 0 Å². The maximum Gasteiger partial charge on any atom is 0.187 e. The van der Waals surface area contributed by atoms with Gasteiger partial charge in [-0.05, 0) is 43.7 Å². The maximum atomic E-state index is 13.1. The summed E-state index contributed by atoms with van der Waals surface area (Å²) >= 11 is 0. The van der Waals surface area contributed by atoms with Crippen LogP contribution in [0.2, 0.25) is 0 Å². The molecule has 0 spiro atoms. The predicted octanol–water partition coefficient (Wildman–Crippen LogP) is 1.51. The largest absolute Gasteiger partial charge is 0.390 e. The molecule has 0 heterocycles. The van der Waals surface area contributed by atoms with Gasteiger partial charge in [0.25, 0.3) is 0 Å². The van der Waals surface area contributed by atoms with Crippen molar-refractivity contribution in [2.75, 3.05) is 0 Å². The fourth-order valence-corrected chi connectivity index (χ4v) is 7.14. The van der Waals surface area contributed by atoms with Crippen LogP contribution in [0.4, 0.5) is 0 Å². The summed E-state index contributed by atoms with van der Waals surface area (Å²) in [5, 5.41) is 20.9. The van der Waals surface area contributed by atoms with E-state index in [0.29, 0.717) is 19.3 Å². The molecule has 4 nitrogen and oxygen atoms in total. The third kappa shape index (κ3) is 1.31. The number of hydrogen-bond donors (Lipinski definition) is 2. The molecule has 4 atom stereocenters. The second kappa shape index (κ2) is 3.84. The highest BCUT2D eigenvalue weighted by Crippen LogP contribution is 2.68. The minimum atomic E-state index is -3.71. The number of fused-ring (bicyclic) bond motifs is 1. The van der Waals surface area contributed by atoms with Crippen LogP contribution in [-0.4, -0.2) is 35.1 Å². The first-order valence-corrected chi connectivity index (χ1v) is 8.37. The molecule has 0 amide bonds. The van der Waals surface area contributed by atoms with Gasteiger partial charge < -0.3 is 10.2 Å². The van der Waals surface area contributed by atoms with Crippen LogP contribution in [0.1, 0.15) is 33.1 Å². The molecular weight excluding hydrogens is 276 g/mol. The van der Waals surface area contributed by atoms with Crippen molar-refractivity contribution in [1.29, 1.82) is 0 Å². The Morgan fingerprint density at radius 3 is 2.20 bits per heavy atom. The maximum absolute atomic E-state index is 13.1. The van der Waals surface area contributed by atoms with Crippen LogP contribution < -0.4 is 0 Å². The van der Waals surface area contributed by atoms with Crippen molar-refractivity contribution in [1.82, 2.24) is 0 Å². The summed E-state index contributed by atoms with van der Waals surface area (Å²) in [6.45, 7) is 3.32. The van der Waals surface area contributed by atoms with E-state index in [1.165, 1.54) is 6.92 Å². The fourth-order valence-electron chi connectivity index (χ4n) is 4.34. The van der Waals surface area contributed by atoms with Crippen LogP contribution in [-0.2, 0) is 9.84 Å². The Kier molecular flexibility index (Phi) is 2.70. The smallest absolute Gasteiger partial charge is 0.187 e. The lowest BCUT2D eigenvalue weighted by Gasteiger charge is -2.56. The Hall–Kier alpha value is -0.910. The van der Waals surface area contributed by atoms with E-state index in [-0.39, 0.29) is 4.90 Å². The molecular formula is C15H20O4S. The molecule has 0 saturated heterocycles. The summed E-state index contributed by atoms with van der Waals surface area (Å²) in [6.07, 6.45) is 0.428. The SMILES string of the molecule is C[C@]12CC[C@@]1(S(=O)(=O)c1ccccc1)[C@](C)(O)[C@@H](O)C2. The molecule has 2 saturated carbocycles. The molecule has 2 aliphatic carbocycles. The average Bonchev–Trinajstić information content (AvgIpc) is 2.47. The molecule has 2 N–H and O–H groups in total. The highest BCUT2D eigenvalue weighted by molar-refractivity contribution is 7.93. The molecule has 0 radical (unpaired) electrons. The number of aliphatic hydroxyl groups excluding tert-OH is 1. The zero-order valence-electron chi connectivity index (χ0n) is 11.7.